The highest BCUT2D eigenvalue weighted by atomic mass is 127. The van der Waals surface area contributed by atoms with E-state index in [1.54, 1.807) is 7.11 Å². The second-order valence-electron chi connectivity index (χ2n) is 4.20. The van der Waals surface area contributed by atoms with Crippen molar-refractivity contribution in [3.8, 4) is 0 Å². The van der Waals surface area contributed by atoms with Crippen LogP contribution in [0.2, 0.25) is 0 Å². The Hall–Kier alpha value is -0.0800. The van der Waals surface area contributed by atoms with Gasteiger partial charge in [-0.15, -0.1) is 24.0 Å². The van der Waals surface area contributed by atoms with Crippen LogP contribution < -0.4 is 5.32 Å². The van der Waals surface area contributed by atoms with Gasteiger partial charge in [0, 0.05) is 47.5 Å². The zero-order valence-electron chi connectivity index (χ0n) is 11.6. The highest BCUT2D eigenvalue weighted by Crippen LogP contribution is 2.13. The van der Waals surface area contributed by atoms with Gasteiger partial charge in [0.25, 0.3) is 0 Å². The molecule has 0 saturated carbocycles. The Morgan fingerprint density at radius 3 is 2.50 bits per heavy atom. The van der Waals surface area contributed by atoms with Crippen molar-refractivity contribution < 1.29 is 9.47 Å². The maximum atomic E-state index is 5.81. The number of hydrogen-bond acceptors (Lipinski definition) is 3. The zero-order chi connectivity index (χ0) is 12.5. The lowest BCUT2D eigenvalue weighted by molar-refractivity contribution is 0.00996. The van der Waals surface area contributed by atoms with Gasteiger partial charge in [0.2, 0.25) is 0 Å². The number of piperidine rings is 1. The molecule has 1 N–H and O–H groups in total. The molecule has 5 nitrogen and oxygen atoms in total. The van der Waals surface area contributed by atoms with Crippen molar-refractivity contribution in [3.63, 3.8) is 0 Å². The summed E-state index contributed by atoms with van der Waals surface area (Å²) in [5, 5.41) is 3.11. The Morgan fingerprint density at radius 2 is 2.00 bits per heavy atom. The minimum Gasteiger partial charge on any atom is -0.385 e. The van der Waals surface area contributed by atoms with Gasteiger partial charge < -0.3 is 19.7 Å². The molecule has 0 atom stereocenters. The first-order valence-electron chi connectivity index (χ1n) is 6.31. The number of rotatable bonds is 5. The summed E-state index contributed by atoms with van der Waals surface area (Å²) in [7, 11) is 5.46. The largest absolute Gasteiger partial charge is 0.385 e. The first-order chi connectivity index (χ1) is 8.31. The molecule has 0 aliphatic carbocycles. The van der Waals surface area contributed by atoms with Gasteiger partial charge in [-0.1, -0.05) is 0 Å². The number of nitrogens with one attached hydrogen (secondary N) is 1. The highest BCUT2D eigenvalue weighted by molar-refractivity contribution is 14.0. The maximum absolute atomic E-state index is 5.81. The number of ether oxygens (including phenoxy) is 2. The Morgan fingerprint density at radius 1 is 1.33 bits per heavy atom. The van der Waals surface area contributed by atoms with Crippen molar-refractivity contribution in [3.05, 3.63) is 0 Å². The Balaban J connectivity index is 0.00000289. The van der Waals surface area contributed by atoms with E-state index in [9.17, 15) is 0 Å². The SMILES string of the molecule is CN=C(NC)N1CCC(OCCCOC)CC1.I. The number of halogens is 1. The summed E-state index contributed by atoms with van der Waals surface area (Å²) >= 11 is 0. The van der Waals surface area contributed by atoms with Crippen molar-refractivity contribution in [1.29, 1.82) is 0 Å². The molecule has 0 radical (unpaired) electrons. The molecule has 1 aliphatic heterocycles. The number of guanidine groups is 1. The quantitative estimate of drug-likeness (QED) is 0.343. The Kier molecular flexibility index (Phi) is 10.8. The van der Waals surface area contributed by atoms with E-state index in [-0.39, 0.29) is 24.0 Å². The minimum absolute atomic E-state index is 0. The molecule has 0 aromatic heterocycles. The smallest absolute Gasteiger partial charge is 0.193 e. The van der Waals surface area contributed by atoms with Crippen LogP contribution in [0.15, 0.2) is 4.99 Å². The number of hydrogen-bond donors (Lipinski definition) is 1. The standard InChI is InChI=1S/C12H25N3O2.HI/c1-13-12(14-2)15-7-5-11(6-8-15)17-10-4-9-16-3;/h11H,4-10H2,1-3H3,(H,13,14);1H. The molecular formula is C12H26IN3O2. The van der Waals surface area contributed by atoms with Gasteiger partial charge in [-0.3, -0.25) is 4.99 Å². The molecule has 6 heteroatoms. The lowest BCUT2D eigenvalue weighted by Crippen LogP contribution is -2.45. The van der Waals surface area contributed by atoms with E-state index in [4.69, 9.17) is 9.47 Å². The van der Waals surface area contributed by atoms with Crippen LogP contribution in [-0.2, 0) is 9.47 Å². The predicted molar refractivity (Wildman–Crippen MR) is 84.9 cm³/mol. The van der Waals surface area contributed by atoms with Crippen LogP contribution in [0, 0.1) is 0 Å². The van der Waals surface area contributed by atoms with Gasteiger partial charge in [0.05, 0.1) is 6.10 Å². The summed E-state index contributed by atoms with van der Waals surface area (Å²) in [6, 6.07) is 0. The van der Waals surface area contributed by atoms with Crippen LogP contribution in [0.4, 0.5) is 0 Å². The molecule has 0 aromatic rings. The van der Waals surface area contributed by atoms with Crippen molar-refractivity contribution in [2.75, 3.05) is 47.5 Å². The maximum Gasteiger partial charge on any atom is 0.193 e. The second kappa shape index (κ2) is 10.8. The third kappa shape index (κ3) is 6.19. The van der Waals surface area contributed by atoms with Crippen LogP contribution in [0.3, 0.4) is 0 Å². The zero-order valence-corrected chi connectivity index (χ0v) is 14.0. The summed E-state index contributed by atoms with van der Waals surface area (Å²) in [5.41, 5.74) is 0. The van der Waals surface area contributed by atoms with Crippen LogP contribution in [0.5, 0.6) is 0 Å². The molecule has 0 amide bonds. The molecule has 18 heavy (non-hydrogen) atoms. The minimum atomic E-state index is 0. The van der Waals surface area contributed by atoms with Crippen molar-refractivity contribution in [1.82, 2.24) is 10.2 Å². The predicted octanol–water partition coefficient (Wildman–Crippen LogP) is 1.33. The molecule has 1 heterocycles. The van der Waals surface area contributed by atoms with E-state index in [1.807, 2.05) is 14.1 Å². The van der Waals surface area contributed by atoms with Gasteiger partial charge in [-0.05, 0) is 19.3 Å². The number of nitrogens with zero attached hydrogens (tertiary/aromatic N) is 2. The number of methoxy groups -OCH3 is 1. The summed E-state index contributed by atoms with van der Waals surface area (Å²) in [6.45, 7) is 3.62. The molecule has 1 rings (SSSR count). The lowest BCUT2D eigenvalue weighted by Gasteiger charge is -2.33. The van der Waals surface area contributed by atoms with Gasteiger partial charge in [0.1, 0.15) is 0 Å². The normalized spacial score (nSPS) is 17.5. The van der Waals surface area contributed by atoms with E-state index in [0.29, 0.717) is 6.10 Å². The fourth-order valence-electron chi connectivity index (χ4n) is 2.10. The van der Waals surface area contributed by atoms with Crippen molar-refractivity contribution in [2.24, 2.45) is 4.99 Å². The third-order valence-corrected chi connectivity index (χ3v) is 3.02. The first-order valence-corrected chi connectivity index (χ1v) is 6.31. The van der Waals surface area contributed by atoms with Crippen LogP contribution in [0.25, 0.3) is 0 Å². The van der Waals surface area contributed by atoms with Crippen LogP contribution >= 0.6 is 24.0 Å². The molecular weight excluding hydrogens is 345 g/mol. The average molecular weight is 371 g/mol. The number of aliphatic imine (C=N–C) groups is 1. The molecule has 0 bridgehead atoms. The van der Waals surface area contributed by atoms with Crippen LogP contribution in [-0.4, -0.2) is 64.5 Å². The molecule has 1 fully saturated rings. The average Bonchev–Trinajstić information content (AvgIpc) is 2.38. The molecule has 1 aliphatic rings. The topological polar surface area (TPSA) is 46.1 Å². The molecule has 108 valence electrons. The first kappa shape index (κ1) is 17.9. The Labute approximate surface area is 127 Å². The summed E-state index contributed by atoms with van der Waals surface area (Å²) < 4.78 is 10.8. The van der Waals surface area contributed by atoms with Gasteiger partial charge in [0.15, 0.2) is 5.96 Å². The third-order valence-electron chi connectivity index (χ3n) is 3.02. The van der Waals surface area contributed by atoms with Gasteiger partial charge in [-0.25, -0.2) is 0 Å². The summed E-state index contributed by atoms with van der Waals surface area (Å²) in [4.78, 5) is 6.49. The molecule has 1 saturated heterocycles. The van der Waals surface area contributed by atoms with E-state index in [1.165, 1.54) is 0 Å². The van der Waals surface area contributed by atoms with Crippen molar-refractivity contribution >= 4 is 29.9 Å². The van der Waals surface area contributed by atoms with Crippen LogP contribution in [0.1, 0.15) is 19.3 Å². The molecule has 0 unspecified atom stereocenters. The number of likely N-dealkylation sites (tertiary alicyclic amines) is 1. The van der Waals surface area contributed by atoms with E-state index >= 15 is 0 Å². The van der Waals surface area contributed by atoms with E-state index in [0.717, 1.165) is 51.5 Å². The van der Waals surface area contributed by atoms with Gasteiger partial charge >= 0.3 is 0 Å². The summed E-state index contributed by atoms with van der Waals surface area (Å²) in [5.74, 6) is 0.975. The fraction of sp³-hybridized carbons (Fsp3) is 0.917. The van der Waals surface area contributed by atoms with Crippen molar-refractivity contribution in [2.45, 2.75) is 25.4 Å². The van der Waals surface area contributed by atoms with E-state index < -0.39 is 0 Å². The highest BCUT2D eigenvalue weighted by Gasteiger charge is 2.20. The lowest BCUT2D eigenvalue weighted by atomic mass is 10.1. The van der Waals surface area contributed by atoms with E-state index in [2.05, 4.69) is 15.2 Å². The second-order valence-corrected chi connectivity index (χ2v) is 4.20. The molecule has 0 spiro atoms. The molecule has 0 aromatic carbocycles. The van der Waals surface area contributed by atoms with Gasteiger partial charge in [-0.2, -0.15) is 0 Å². The summed E-state index contributed by atoms with van der Waals surface area (Å²) in [6.07, 6.45) is 3.54. The fourth-order valence-corrected chi connectivity index (χ4v) is 2.10. The Bertz CT molecular complexity index is 231. The monoisotopic (exact) mass is 371 g/mol.